The van der Waals surface area contributed by atoms with Crippen molar-refractivity contribution in [2.45, 2.75) is 49.1 Å². The SMILES string of the molecule is O=C(NC1CS(=O)(=O)CC1N1CCCC1)c1ccc(F)c(S(=O)(=O)N2CCCCC2)c1. The first-order chi connectivity index (χ1) is 14.7. The maximum Gasteiger partial charge on any atom is 0.251 e. The van der Waals surface area contributed by atoms with Crippen molar-refractivity contribution in [3.8, 4) is 0 Å². The van der Waals surface area contributed by atoms with Gasteiger partial charge in [-0.25, -0.2) is 21.2 Å². The van der Waals surface area contributed by atoms with Crippen LogP contribution in [0.25, 0.3) is 0 Å². The lowest BCUT2D eigenvalue weighted by atomic mass is 10.1. The van der Waals surface area contributed by atoms with E-state index in [4.69, 9.17) is 0 Å². The highest BCUT2D eigenvalue weighted by Gasteiger charge is 2.42. The average Bonchev–Trinajstić information content (AvgIpc) is 3.36. The normalized spacial score (nSPS) is 27.4. The number of hydrogen-bond donors (Lipinski definition) is 1. The van der Waals surface area contributed by atoms with Crippen LogP contribution in [0.2, 0.25) is 0 Å². The molecule has 31 heavy (non-hydrogen) atoms. The Bertz CT molecular complexity index is 1050. The van der Waals surface area contributed by atoms with Crippen LogP contribution in [0.5, 0.6) is 0 Å². The van der Waals surface area contributed by atoms with E-state index in [2.05, 4.69) is 10.2 Å². The van der Waals surface area contributed by atoms with Gasteiger partial charge in [-0.05, 0) is 57.0 Å². The summed E-state index contributed by atoms with van der Waals surface area (Å²) in [4.78, 5) is 14.5. The van der Waals surface area contributed by atoms with Crippen LogP contribution in [-0.2, 0) is 19.9 Å². The van der Waals surface area contributed by atoms with Crippen LogP contribution in [0.15, 0.2) is 23.1 Å². The number of carbonyl (C=O) groups excluding carboxylic acids is 1. The highest BCUT2D eigenvalue weighted by molar-refractivity contribution is 7.91. The molecule has 3 saturated heterocycles. The number of nitrogens with one attached hydrogen (secondary N) is 1. The molecule has 3 aliphatic heterocycles. The molecule has 1 aromatic rings. The molecule has 2 unspecified atom stereocenters. The number of nitrogens with zero attached hydrogens (tertiary/aromatic N) is 2. The topological polar surface area (TPSA) is 104 Å². The van der Waals surface area contributed by atoms with Crippen molar-refractivity contribution in [3.63, 3.8) is 0 Å². The summed E-state index contributed by atoms with van der Waals surface area (Å²) in [6.45, 7) is 2.24. The van der Waals surface area contributed by atoms with Crippen molar-refractivity contribution in [1.82, 2.24) is 14.5 Å². The summed E-state index contributed by atoms with van der Waals surface area (Å²) < 4.78 is 65.9. The zero-order chi connectivity index (χ0) is 22.2. The summed E-state index contributed by atoms with van der Waals surface area (Å²) >= 11 is 0. The fourth-order valence-corrected chi connectivity index (χ4v) is 8.30. The van der Waals surface area contributed by atoms with E-state index in [1.54, 1.807) is 0 Å². The summed E-state index contributed by atoms with van der Waals surface area (Å²) in [5, 5.41) is 2.76. The molecule has 4 rings (SSSR count). The standard InChI is InChI=1S/C20H28FN3O5S2/c21-16-7-6-15(12-19(16)31(28,29)24-10-2-1-3-11-24)20(25)22-17-13-30(26,27)14-18(17)23-8-4-5-9-23/h6-7,12,17-18H,1-5,8-11,13-14H2,(H,22,25). The Labute approximate surface area is 182 Å². The van der Waals surface area contributed by atoms with Gasteiger partial charge in [-0.3, -0.25) is 9.69 Å². The Morgan fingerprint density at radius 2 is 1.65 bits per heavy atom. The van der Waals surface area contributed by atoms with Crippen LogP contribution in [0, 0.1) is 5.82 Å². The van der Waals surface area contributed by atoms with Crippen molar-refractivity contribution in [3.05, 3.63) is 29.6 Å². The molecule has 3 fully saturated rings. The Morgan fingerprint density at radius 1 is 1.00 bits per heavy atom. The number of amides is 1. The molecule has 0 radical (unpaired) electrons. The van der Waals surface area contributed by atoms with Crippen molar-refractivity contribution in [2.24, 2.45) is 0 Å². The van der Waals surface area contributed by atoms with E-state index in [1.165, 1.54) is 10.4 Å². The number of piperidine rings is 1. The van der Waals surface area contributed by atoms with Crippen LogP contribution in [0.3, 0.4) is 0 Å². The summed E-state index contributed by atoms with van der Waals surface area (Å²) in [6.07, 6.45) is 4.35. The van der Waals surface area contributed by atoms with Gasteiger partial charge in [-0.15, -0.1) is 0 Å². The lowest BCUT2D eigenvalue weighted by molar-refractivity contribution is 0.0918. The number of carbonyl (C=O) groups is 1. The van der Waals surface area contributed by atoms with Gasteiger partial charge in [0.2, 0.25) is 10.0 Å². The lowest BCUT2D eigenvalue weighted by Gasteiger charge is -2.28. The fourth-order valence-electron chi connectivity index (χ4n) is 4.74. The Kier molecular flexibility index (Phi) is 6.39. The third-order valence-corrected chi connectivity index (χ3v) is 10.0. The number of rotatable bonds is 5. The smallest absolute Gasteiger partial charge is 0.251 e. The van der Waals surface area contributed by atoms with Crippen LogP contribution in [0.4, 0.5) is 4.39 Å². The molecular weight excluding hydrogens is 445 g/mol. The van der Waals surface area contributed by atoms with E-state index >= 15 is 0 Å². The maximum atomic E-state index is 14.4. The largest absolute Gasteiger partial charge is 0.347 e. The number of benzene rings is 1. The predicted molar refractivity (Wildman–Crippen MR) is 114 cm³/mol. The van der Waals surface area contributed by atoms with Gasteiger partial charge in [0, 0.05) is 24.7 Å². The molecule has 3 heterocycles. The monoisotopic (exact) mass is 473 g/mol. The highest BCUT2D eigenvalue weighted by Crippen LogP contribution is 2.25. The molecule has 0 saturated carbocycles. The van der Waals surface area contributed by atoms with E-state index in [-0.39, 0.29) is 23.1 Å². The molecule has 1 amide bonds. The number of sulfone groups is 1. The molecule has 0 aromatic heterocycles. The highest BCUT2D eigenvalue weighted by atomic mass is 32.2. The Hall–Kier alpha value is -1.56. The second-order valence-corrected chi connectivity index (χ2v) is 12.6. The van der Waals surface area contributed by atoms with Gasteiger partial charge in [-0.1, -0.05) is 6.42 Å². The maximum absolute atomic E-state index is 14.4. The van der Waals surface area contributed by atoms with Crippen molar-refractivity contribution < 1.29 is 26.0 Å². The molecule has 1 aromatic carbocycles. The average molecular weight is 474 g/mol. The van der Waals surface area contributed by atoms with E-state index < -0.39 is 42.5 Å². The van der Waals surface area contributed by atoms with E-state index in [0.717, 1.165) is 57.3 Å². The summed E-state index contributed by atoms with van der Waals surface area (Å²) in [5.74, 6) is -1.65. The first-order valence-electron chi connectivity index (χ1n) is 10.7. The molecule has 1 N–H and O–H groups in total. The van der Waals surface area contributed by atoms with Gasteiger partial charge in [0.1, 0.15) is 10.7 Å². The van der Waals surface area contributed by atoms with Gasteiger partial charge in [0.15, 0.2) is 9.84 Å². The lowest BCUT2D eigenvalue weighted by Crippen LogP contribution is -2.50. The summed E-state index contributed by atoms with van der Waals surface area (Å²) in [6, 6.07) is 2.39. The minimum atomic E-state index is -4.04. The van der Waals surface area contributed by atoms with Gasteiger partial charge in [0.05, 0.1) is 17.5 Å². The van der Waals surface area contributed by atoms with Gasteiger partial charge in [0.25, 0.3) is 5.91 Å². The zero-order valence-corrected chi connectivity index (χ0v) is 18.9. The molecule has 11 heteroatoms. The van der Waals surface area contributed by atoms with E-state index in [1.807, 2.05) is 0 Å². The summed E-state index contributed by atoms with van der Waals surface area (Å²) in [5.41, 5.74) is 0.00135. The van der Waals surface area contributed by atoms with Crippen LogP contribution in [-0.4, -0.2) is 81.7 Å². The molecule has 3 aliphatic rings. The van der Waals surface area contributed by atoms with Crippen LogP contribution >= 0.6 is 0 Å². The molecule has 2 atom stereocenters. The second-order valence-electron chi connectivity index (χ2n) is 8.58. The Morgan fingerprint density at radius 3 is 2.32 bits per heavy atom. The fraction of sp³-hybridized carbons (Fsp3) is 0.650. The third-order valence-electron chi connectivity index (χ3n) is 6.38. The minimum absolute atomic E-state index is 0.00135. The summed E-state index contributed by atoms with van der Waals surface area (Å²) in [7, 11) is -7.33. The van der Waals surface area contributed by atoms with E-state index in [0.29, 0.717) is 13.1 Å². The van der Waals surface area contributed by atoms with Gasteiger partial charge < -0.3 is 5.32 Å². The molecule has 0 bridgehead atoms. The number of likely N-dealkylation sites (tertiary alicyclic amines) is 1. The first kappa shape index (κ1) is 22.6. The van der Waals surface area contributed by atoms with Crippen LogP contribution < -0.4 is 5.32 Å². The Balaban J connectivity index is 1.55. The molecule has 0 spiro atoms. The molecule has 0 aliphatic carbocycles. The van der Waals surface area contributed by atoms with Crippen molar-refractivity contribution in [1.29, 1.82) is 0 Å². The van der Waals surface area contributed by atoms with Gasteiger partial charge in [-0.2, -0.15) is 4.31 Å². The zero-order valence-electron chi connectivity index (χ0n) is 17.3. The quantitative estimate of drug-likeness (QED) is 0.684. The second kappa shape index (κ2) is 8.76. The van der Waals surface area contributed by atoms with Gasteiger partial charge >= 0.3 is 0 Å². The van der Waals surface area contributed by atoms with Crippen molar-refractivity contribution >= 4 is 25.8 Å². The van der Waals surface area contributed by atoms with Crippen LogP contribution in [0.1, 0.15) is 42.5 Å². The third kappa shape index (κ3) is 4.79. The van der Waals surface area contributed by atoms with E-state index in [9.17, 15) is 26.0 Å². The predicted octanol–water partition coefficient (Wildman–Crippen LogP) is 0.992. The molecule has 172 valence electrons. The first-order valence-corrected chi connectivity index (χ1v) is 14.0. The molecular formula is C20H28FN3O5S2. The van der Waals surface area contributed by atoms with Crippen molar-refractivity contribution in [2.75, 3.05) is 37.7 Å². The number of halogens is 1. The number of sulfonamides is 1. The molecule has 8 nitrogen and oxygen atoms in total. The number of hydrogen-bond acceptors (Lipinski definition) is 6. The minimum Gasteiger partial charge on any atom is -0.347 e.